The van der Waals surface area contributed by atoms with Crippen LogP contribution in [0.4, 0.5) is 0 Å². The van der Waals surface area contributed by atoms with Crippen molar-refractivity contribution in [2.45, 2.75) is 39.8 Å². The van der Waals surface area contributed by atoms with Crippen molar-refractivity contribution in [3.8, 4) is 22.8 Å². The van der Waals surface area contributed by atoms with E-state index >= 15 is 0 Å². The predicted molar refractivity (Wildman–Crippen MR) is 91.0 cm³/mol. The maximum atomic E-state index is 5.89. The Morgan fingerprint density at radius 3 is 2.83 bits per heavy atom. The Balaban J connectivity index is 1.98. The third-order valence-electron chi connectivity index (χ3n) is 4.26. The fourth-order valence-corrected chi connectivity index (χ4v) is 3.03. The molecular weight excluding hydrogens is 290 g/mol. The van der Waals surface area contributed by atoms with Gasteiger partial charge in [0.25, 0.3) is 0 Å². The van der Waals surface area contributed by atoms with Gasteiger partial charge < -0.3 is 9.47 Å². The highest BCUT2D eigenvalue weighted by atomic mass is 16.5. The largest absolute Gasteiger partial charge is 0.493 e. The van der Waals surface area contributed by atoms with Gasteiger partial charge in [0.1, 0.15) is 0 Å². The maximum absolute atomic E-state index is 5.89. The summed E-state index contributed by atoms with van der Waals surface area (Å²) in [5.74, 6) is 1.52. The number of nitrogens with zero attached hydrogens (tertiary/aromatic N) is 2. The molecule has 5 nitrogen and oxygen atoms in total. The van der Waals surface area contributed by atoms with E-state index in [2.05, 4.69) is 22.0 Å². The standard InChI is InChI=1S/C18H25N3O2/c1-5-21-9-8-15-14(11-21)18(20-19-15)13-6-7-16(22-4)17(10-13)23-12(2)3/h6-7,10,12H,5,8-9,11H2,1-4H3,(H,19,20). The van der Waals surface area contributed by atoms with E-state index in [1.54, 1.807) is 7.11 Å². The Labute approximate surface area is 137 Å². The van der Waals surface area contributed by atoms with Crippen molar-refractivity contribution in [2.24, 2.45) is 0 Å². The first-order chi connectivity index (χ1) is 11.1. The van der Waals surface area contributed by atoms with Crippen LogP contribution < -0.4 is 9.47 Å². The number of nitrogens with one attached hydrogen (secondary N) is 1. The molecule has 5 heteroatoms. The summed E-state index contributed by atoms with van der Waals surface area (Å²) in [6, 6.07) is 6.03. The highest BCUT2D eigenvalue weighted by Crippen LogP contribution is 2.35. The summed E-state index contributed by atoms with van der Waals surface area (Å²) < 4.78 is 11.3. The van der Waals surface area contributed by atoms with Crippen molar-refractivity contribution < 1.29 is 9.47 Å². The molecule has 2 heterocycles. The second-order valence-corrected chi connectivity index (χ2v) is 6.18. The lowest BCUT2D eigenvalue weighted by atomic mass is 10.0. The molecule has 0 spiro atoms. The average Bonchev–Trinajstić information content (AvgIpc) is 2.97. The number of H-pyrrole nitrogens is 1. The number of ether oxygens (including phenoxy) is 2. The van der Waals surface area contributed by atoms with Crippen molar-refractivity contribution >= 4 is 0 Å². The zero-order valence-electron chi connectivity index (χ0n) is 14.3. The van der Waals surface area contributed by atoms with Gasteiger partial charge in [0.05, 0.1) is 18.9 Å². The molecule has 0 aliphatic carbocycles. The molecule has 0 saturated carbocycles. The fraction of sp³-hybridized carbons (Fsp3) is 0.500. The minimum Gasteiger partial charge on any atom is -0.493 e. The second-order valence-electron chi connectivity index (χ2n) is 6.18. The molecule has 0 fully saturated rings. The first kappa shape index (κ1) is 15.9. The Kier molecular flexibility index (Phi) is 4.57. The van der Waals surface area contributed by atoms with Gasteiger partial charge >= 0.3 is 0 Å². The van der Waals surface area contributed by atoms with Gasteiger partial charge in [0.2, 0.25) is 0 Å². The summed E-state index contributed by atoms with van der Waals surface area (Å²) >= 11 is 0. The van der Waals surface area contributed by atoms with Crippen LogP contribution in [-0.2, 0) is 13.0 Å². The van der Waals surface area contributed by atoms with E-state index in [4.69, 9.17) is 9.47 Å². The minimum absolute atomic E-state index is 0.0998. The van der Waals surface area contributed by atoms with Crippen LogP contribution >= 0.6 is 0 Å². The van der Waals surface area contributed by atoms with Crippen molar-refractivity contribution in [3.05, 3.63) is 29.5 Å². The molecule has 3 rings (SSSR count). The van der Waals surface area contributed by atoms with Gasteiger partial charge in [0, 0.05) is 36.3 Å². The molecular formula is C18H25N3O2. The zero-order valence-corrected chi connectivity index (χ0v) is 14.3. The number of rotatable bonds is 5. The Morgan fingerprint density at radius 1 is 1.30 bits per heavy atom. The van der Waals surface area contributed by atoms with E-state index < -0.39 is 0 Å². The van der Waals surface area contributed by atoms with Crippen LogP contribution in [0, 0.1) is 0 Å². The summed E-state index contributed by atoms with van der Waals surface area (Å²) in [4.78, 5) is 2.44. The molecule has 23 heavy (non-hydrogen) atoms. The van der Waals surface area contributed by atoms with Gasteiger partial charge in [-0.25, -0.2) is 0 Å². The van der Waals surface area contributed by atoms with Crippen LogP contribution in [0.2, 0.25) is 0 Å². The molecule has 0 unspecified atom stereocenters. The topological polar surface area (TPSA) is 50.4 Å². The van der Waals surface area contributed by atoms with E-state index in [0.29, 0.717) is 0 Å². The van der Waals surface area contributed by atoms with Crippen molar-refractivity contribution in [2.75, 3.05) is 20.2 Å². The first-order valence-corrected chi connectivity index (χ1v) is 8.26. The summed E-state index contributed by atoms with van der Waals surface area (Å²) in [5.41, 5.74) is 4.65. The monoisotopic (exact) mass is 315 g/mol. The molecule has 1 aliphatic heterocycles. The van der Waals surface area contributed by atoms with Crippen molar-refractivity contribution in [1.29, 1.82) is 0 Å². The zero-order chi connectivity index (χ0) is 16.4. The van der Waals surface area contributed by atoms with Gasteiger partial charge in [-0.2, -0.15) is 5.10 Å². The third kappa shape index (κ3) is 3.20. The lowest BCUT2D eigenvalue weighted by molar-refractivity contribution is 0.230. The predicted octanol–water partition coefficient (Wildman–Crippen LogP) is 3.25. The number of aromatic amines is 1. The molecule has 0 amide bonds. The van der Waals surface area contributed by atoms with Gasteiger partial charge in [-0.05, 0) is 38.6 Å². The number of benzene rings is 1. The van der Waals surface area contributed by atoms with Gasteiger partial charge in [-0.3, -0.25) is 10.00 Å². The minimum atomic E-state index is 0.0998. The number of fused-ring (bicyclic) bond motifs is 1. The van der Waals surface area contributed by atoms with Gasteiger partial charge in [0.15, 0.2) is 11.5 Å². The van der Waals surface area contributed by atoms with E-state index in [9.17, 15) is 0 Å². The van der Waals surface area contributed by atoms with E-state index in [1.165, 1.54) is 11.3 Å². The Bertz CT molecular complexity index is 679. The molecule has 0 bridgehead atoms. The van der Waals surface area contributed by atoms with Crippen LogP contribution in [-0.4, -0.2) is 41.4 Å². The Morgan fingerprint density at radius 2 is 2.13 bits per heavy atom. The van der Waals surface area contributed by atoms with E-state index in [-0.39, 0.29) is 6.10 Å². The molecule has 1 N–H and O–H groups in total. The fourth-order valence-electron chi connectivity index (χ4n) is 3.03. The number of hydrogen-bond donors (Lipinski definition) is 1. The van der Waals surface area contributed by atoms with E-state index in [0.717, 1.165) is 48.8 Å². The quantitative estimate of drug-likeness (QED) is 0.920. The lowest BCUT2D eigenvalue weighted by Crippen LogP contribution is -2.30. The third-order valence-corrected chi connectivity index (χ3v) is 4.26. The van der Waals surface area contributed by atoms with Crippen LogP contribution in [0.3, 0.4) is 0 Å². The summed E-state index contributed by atoms with van der Waals surface area (Å²) in [6.45, 7) is 9.34. The Hall–Kier alpha value is -2.01. The maximum Gasteiger partial charge on any atom is 0.162 e. The normalized spacial score (nSPS) is 14.8. The SMILES string of the molecule is CCN1CCc2[nH]nc(-c3ccc(OC)c(OC(C)C)c3)c2C1. The molecule has 124 valence electrons. The van der Waals surface area contributed by atoms with Gasteiger partial charge in [-0.15, -0.1) is 0 Å². The molecule has 0 radical (unpaired) electrons. The highest BCUT2D eigenvalue weighted by Gasteiger charge is 2.22. The summed E-state index contributed by atoms with van der Waals surface area (Å²) in [5, 5.41) is 7.77. The van der Waals surface area contributed by atoms with Crippen LogP contribution in [0.5, 0.6) is 11.5 Å². The number of aromatic nitrogens is 2. The molecule has 0 atom stereocenters. The van der Waals surface area contributed by atoms with Crippen molar-refractivity contribution in [3.63, 3.8) is 0 Å². The van der Waals surface area contributed by atoms with Gasteiger partial charge in [-0.1, -0.05) is 6.92 Å². The molecule has 0 saturated heterocycles. The van der Waals surface area contributed by atoms with E-state index in [1.807, 2.05) is 32.0 Å². The summed E-state index contributed by atoms with van der Waals surface area (Å²) in [6.07, 6.45) is 1.13. The van der Waals surface area contributed by atoms with Crippen LogP contribution in [0.15, 0.2) is 18.2 Å². The molecule has 1 aliphatic rings. The molecule has 1 aromatic heterocycles. The van der Waals surface area contributed by atoms with Crippen molar-refractivity contribution in [1.82, 2.24) is 15.1 Å². The first-order valence-electron chi connectivity index (χ1n) is 8.26. The summed E-state index contributed by atoms with van der Waals surface area (Å²) in [7, 11) is 1.66. The lowest BCUT2D eigenvalue weighted by Gasteiger charge is -2.25. The number of methoxy groups -OCH3 is 1. The highest BCUT2D eigenvalue weighted by molar-refractivity contribution is 5.68. The number of hydrogen-bond acceptors (Lipinski definition) is 4. The smallest absolute Gasteiger partial charge is 0.162 e. The number of likely N-dealkylation sites (N-methyl/N-ethyl adjacent to an activating group) is 1. The second kappa shape index (κ2) is 6.62. The molecule has 2 aromatic rings. The van der Waals surface area contributed by atoms with Crippen LogP contribution in [0.1, 0.15) is 32.0 Å². The van der Waals surface area contributed by atoms with Crippen LogP contribution in [0.25, 0.3) is 11.3 Å². The average molecular weight is 315 g/mol. The molecule has 1 aromatic carbocycles.